The Bertz CT molecular complexity index is 915. The lowest BCUT2D eigenvalue weighted by atomic mass is 9.82. The molecule has 0 radical (unpaired) electrons. The van der Waals surface area contributed by atoms with Crippen LogP contribution in [0.2, 0.25) is 0 Å². The van der Waals surface area contributed by atoms with E-state index in [9.17, 15) is 24.8 Å². The Morgan fingerprint density at radius 1 is 1.21 bits per heavy atom. The number of benzene rings is 2. The Hall–Kier alpha value is -3.42. The quantitative estimate of drug-likeness (QED) is 0.602. The van der Waals surface area contributed by atoms with Crippen LogP contribution in [0.3, 0.4) is 0 Å². The number of piperidine rings is 1. The van der Waals surface area contributed by atoms with E-state index in [0.717, 1.165) is 0 Å². The predicted octanol–water partition coefficient (Wildman–Crippen LogP) is 3.67. The summed E-state index contributed by atoms with van der Waals surface area (Å²) in [5, 5.41) is 23.9. The molecule has 8 nitrogen and oxygen atoms in total. The molecule has 146 valence electrons. The molecule has 1 saturated heterocycles. The molecule has 2 aromatic rings. The number of rotatable bonds is 5. The standard InChI is InChI=1S/C20H21N3O5/c1-20(19(25)26)10-5-11-22(13-20)18(24)14-8-9-16(17(12-14)23(27)28)21-15-6-3-2-4-7-15/h2-4,6-9,12,21H,5,10-11,13H2,1H3,(H,25,26). The van der Waals surface area contributed by atoms with Gasteiger partial charge < -0.3 is 15.3 Å². The third-order valence-corrected chi connectivity index (χ3v) is 4.99. The third kappa shape index (κ3) is 3.95. The first-order chi connectivity index (χ1) is 13.3. The molecular weight excluding hydrogens is 362 g/mol. The van der Waals surface area contributed by atoms with Gasteiger partial charge in [0.2, 0.25) is 0 Å². The number of nitrogens with zero attached hydrogens (tertiary/aromatic N) is 2. The maximum absolute atomic E-state index is 12.8. The van der Waals surface area contributed by atoms with Crippen molar-refractivity contribution in [3.05, 3.63) is 64.2 Å². The highest BCUT2D eigenvalue weighted by atomic mass is 16.6. The highest BCUT2D eigenvalue weighted by Crippen LogP contribution is 2.32. The van der Waals surface area contributed by atoms with Gasteiger partial charge in [0.1, 0.15) is 5.69 Å². The minimum Gasteiger partial charge on any atom is -0.481 e. The molecule has 0 aromatic heterocycles. The van der Waals surface area contributed by atoms with Crippen LogP contribution in [0, 0.1) is 15.5 Å². The summed E-state index contributed by atoms with van der Waals surface area (Å²) in [4.78, 5) is 36.8. The fourth-order valence-corrected chi connectivity index (χ4v) is 3.37. The summed E-state index contributed by atoms with van der Waals surface area (Å²) in [7, 11) is 0. The Balaban J connectivity index is 1.86. The van der Waals surface area contributed by atoms with Crippen molar-refractivity contribution >= 4 is 28.9 Å². The molecule has 28 heavy (non-hydrogen) atoms. The van der Waals surface area contributed by atoms with Crippen LogP contribution in [0.1, 0.15) is 30.1 Å². The van der Waals surface area contributed by atoms with Gasteiger partial charge in [-0.15, -0.1) is 0 Å². The fourth-order valence-electron chi connectivity index (χ4n) is 3.37. The van der Waals surface area contributed by atoms with Gasteiger partial charge in [-0.1, -0.05) is 18.2 Å². The number of nitrogens with one attached hydrogen (secondary N) is 1. The second-order valence-corrected chi connectivity index (χ2v) is 7.18. The molecule has 2 N–H and O–H groups in total. The van der Waals surface area contributed by atoms with Crippen molar-refractivity contribution in [1.82, 2.24) is 4.90 Å². The number of hydrogen-bond donors (Lipinski definition) is 2. The average Bonchev–Trinajstić information content (AvgIpc) is 2.68. The average molecular weight is 383 g/mol. The Morgan fingerprint density at radius 2 is 1.93 bits per heavy atom. The summed E-state index contributed by atoms with van der Waals surface area (Å²) >= 11 is 0. The summed E-state index contributed by atoms with van der Waals surface area (Å²) in [5.74, 6) is -1.35. The van der Waals surface area contributed by atoms with E-state index in [1.807, 2.05) is 18.2 Å². The van der Waals surface area contributed by atoms with E-state index >= 15 is 0 Å². The van der Waals surface area contributed by atoms with Gasteiger partial charge in [-0.3, -0.25) is 19.7 Å². The molecule has 8 heteroatoms. The maximum atomic E-state index is 12.8. The predicted molar refractivity (Wildman–Crippen MR) is 104 cm³/mol. The molecule has 1 aliphatic rings. The number of nitro benzene ring substituents is 1. The normalized spacial score (nSPS) is 19.1. The van der Waals surface area contributed by atoms with Gasteiger partial charge >= 0.3 is 5.97 Å². The molecule has 0 spiro atoms. The van der Waals surface area contributed by atoms with E-state index < -0.39 is 22.2 Å². The van der Waals surface area contributed by atoms with E-state index in [0.29, 0.717) is 25.1 Å². The summed E-state index contributed by atoms with van der Waals surface area (Å²) in [6.45, 7) is 2.13. The van der Waals surface area contributed by atoms with Crippen molar-refractivity contribution in [2.24, 2.45) is 5.41 Å². The zero-order valence-corrected chi connectivity index (χ0v) is 15.4. The molecule has 1 fully saturated rings. The molecule has 3 rings (SSSR count). The van der Waals surface area contributed by atoms with Gasteiger partial charge in [-0.25, -0.2) is 0 Å². The summed E-state index contributed by atoms with van der Waals surface area (Å²) in [6.07, 6.45) is 1.07. The van der Waals surface area contributed by atoms with E-state index in [-0.39, 0.29) is 23.5 Å². The Morgan fingerprint density at radius 3 is 2.57 bits per heavy atom. The van der Waals surface area contributed by atoms with E-state index in [4.69, 9.17) is 0 Å². The minimum absolute atomic E-state index is 0.0823. The van der Waals surface area contributed by atoms with Crippen LogP contribution >= 0.6 is 0 Å². The van der Waals surface area contributed by atoms with Gasteiger partial charge in [0, 0.05) is 30.4 Å². The largest absolute Gasteiger partial charge is 0.481 e. The first kappa shape index (κ1) is 19.3. The molecule has 0 bridgehead atoms. The molecule has 2 aromatic carbocycles. The number of carboxylic acid groups (broad SMARTS) is 1. The van der Waals surface area contributed by atoms with Crippen molar-refractivity contribution in [2.45, 2.75) is 19.8 Å². The maximum Gasteiger partial charge on any atom is 0.311 e. The lowest BCUT2D eigenvalue weighted by Crippen LogP contribution is -2.48. The van der Waals surface area contributed by atoms with Crippen molar-refractivity contribution < 1.29 is 19.6 Å². The van der Waals surface area contributed by atoms with E-state index in [1.165, 1.54) is 23.1 Å². The fraction of sp³-hybridized carbons (Fsp3) is 0.300. The van der Waals surface area contributed by atoms with Crippen molar-refractivity contribution in [1.29, 1.82) is 0 Å². The van der Waals surface area contributed by atoms with Crippen LogP contribution in [0.25, 0.3) is 0 Å². The van der Waals surface area contributed by atoms with Crippen LogP contribution in [0.5, 0.6) is 0 Å². The highest BCUT2D eigenvalue weighted by molar-refractivity contribution is 5.96. The number of carbonyl (C=O) groups excluding carboxylic acids is 1. The molecule has 1 atom stereocenters. The smallest absolute Gasteiger partial charge is 0.311 e. The van der Waals surface area contributed by atoms with Gasteiger partial charge in [-0.2, -0.15) is 0 Å². The molecular formula is C20H21N3O5. The lowest BCUT2D eigenvalue weighted by molar-refractivity contribution is -0.383. The highest BCUT2D eigenvalue weighted by Gasteiger charge is 2.39. The number of hydrogen-bond acceptors (Lipinski definition) is 5. The topological polar surface area (TPSA) is 113 Å². The molecule has 0 aliphatic carbocycles. The zero-order valence-electron chi connectivity index (χ0n) is 15.4. The van der Waals surface area contributed by atoms with Crippen LogP contribution in [0.15, 0.2) is 48.5 Å². The third-order valence-electron chi connectivity index (χ3n) is 4.99. The van der Waals surface area contributed by atoms with Crippen molar-refractivity contribution in [2.75, 3.05) is 18.4 Å². The number of carbonyl (C=O) groups is 2. The van der Waals surface area contributed by atoms with Crippen LogP contribution in [0.4, 0.5) is 17.1 Å². The number of para-hydroxylation sites is 1. The number of aliphatic carboxylic acids is 1. The van der Waals surface area contributed by atoms with Crippen LogP contribution in [-0.2, 0) is 4.79 Å². The van der Waals surface area contributed by atoms with Crippen LogP contribution < -0.4 is 5.32 Å². The van der Waals surface area contributed by atoms with Crippen molar-refractivity contribution in [3.8, 4) is 0 Å². The Labute approximate surface area is 161 Å². The van der Waals surface area contributed by atoms with Gasteiger partial charge in [0.15, 0.2) is 0 Å². The summed E-state index contributed by atoms with van der Waals surface area (Å²) in [5.41, 5.74) is -0.0818. The molecule has 1 aliphatic heterocycles. The number of amides is 1. The number of carboxylic acids is 1. The van der Waals surface area contributed by atoms with Gasteiger partial charge in [0.05, 0.1) is 10.3 Å². The summed E-state index contributed by atoms with van der Waals surface area (Å²) in [6, 6.07) is 13.3. The summed E-state index contributed by atoms with van der Waals surface area (Å²) < 4.78 is 0. The molecule has 0 saturated carbocycles. The second kappa shape index (κ2) is 7.67. The lowest BCUT2D eigenvalue weighted by Gasteiger charge is -2.37. The Kier molecular flexibility index (Phi) is 5.30. The first-order valence-electron chi connectivity index (χ1n) is 8.93. The SMILES string of the molecule is CC1(C(=O)O)CCCN(C(=O)c2ccc(Nc3ccccc3)c([N+](=O)[O-])c2)C1. The zero-order chi connectivity index (χ0) is 20.3. The minimum atomic E-state index is -1.01. The van der Waals surface area contributed by atoms with Gasteiger partial charge in [0.25, 0.3) is 11.6 Å². The number of likely N-dealkylation sites (tertiary alicyclic amines) is 1. The van der Waals surface area contributed by atoms with E-state index in [1.54, 1.807) is 19.1 Å². The monoisotopic (exact) mass is 383 g/mol. The van der Waals surface area contributed by atoms with Crippen molar-refractivity contribution in [3.63, 3.8) is 0 Å². The molecule has 1 unspecified atom stereocenters. The second-order valence-electron chi connectivity index (χ2n) is 7.18. The van der Waals surface area contributed by atoms with E-state index in [2.05, 4.69) is 5.32 Å². The van der Waals surface area contributed by atoms with Crippen LogP contribution in [-0.4, -0.2) is 39.9 Å². The first-order valence-corrected chi connectivity index (χ1v) is 8.93. The van der Waals surface area contributed by atoms with Gasteiger partial charge in [-0.05, 0) is 44.0 Å². The molecule has 1 amide bonds. The number of nitro groups is 1. The molecule has 1 heterocycles. The number of anilines is 2.